The quantitative estimate of drug-likeness (QED) is 0.205. The van der Waals surface area contributed by atoms with Crippen LogP contribution in [0.1, 0.15) is 45.1 Å². The van der Waals surface area contributed by atoms with Crippen LogP contribution < -0.4 is 0 Å². The van der Waals surface area contributed by atoms with E-state index in [4.69, 9.17) is 16.7 Å². The SMILES string of the molecule is CCCCCCN1C(=O)C(C#N)=C(C)/C(=C\c2cn(-c3ccccc3)nc2-c2ccc(Cl)cc2)C1=O. The van der Waals surface area contributed by atoms with Crippen molar-refractivity contribution in [2.24, 2.45) is 0 Å². The first kappa shape index (κ1) is 25.2. The number of amides is 2. The summed E-state index contributed by atoms with van der Waals surface area (Å²) in [5, 5.41) is 15.1. The van der Waals surface area contributed by atoms with Crippen molar-refractivity contribution in [2.75, 3.05) is 6.54 Å². The molecule has 0 unspecified atom stereocenters. The monoisotopic (exact) mass is 498 g/mol. The molecular formula is C29H27ClN4O2. The van der Waals surface area contributed by atoms with Crippen LogP contribution in [0.5, 0.6) is 0 Å². The Hall–Kier alpha value is -3.95. The second-order valence-electron chi connectivity index (χ2n) is 8.71. The average Bonchev–Trinajstić information content (AvgIpc) is 3.31. The number of nitrogens with zero attached hydrogens (tertiary/aromatic N) is 4. The van der Waals surface area contributed by atoms with E-state index in [1.807, 2.05) is 54.7 Å². The molecule has 36 heavy (non-hydrogen) atoms. The molecule has 3 aromatic rings. The lowest BCUT2D eigenvalue weighted by Crippen LogP contribution is -2.43. The molecule has 0 spiro atoms. The maximum atomic E-state index is 13.5. The second-order valence-corrected chi connectivity index (χ2v) is 9.15. The van der Waals surface area contributed by atoms with E-state index in [1.54, 1.807) is 29.8 Å². The summed E-state index contributed by atoms with van der Waals surface area (Å²) < 4.78 is 1.75. The molecule has 1 aliphatic heterocycles. The summed E-state index contributed by atoms with van der Waals surface area (Å²) in [6, 6.07) is 19.0. The number of benzene rings is 2. The molecule has 6 nitrogen and oxygen atoms in total. The van der Waals surface area contributed by atoms with Crippen LogP contribution in [0.4, 0.5) is 0 Å². The first-order chi connectivity index (χ1) is 17.4. The fourth-order valence-electron chi connectivity index (χ4n) is 4.22. The van der Waals surface area contributed by atoms with Gasteiger partial charge in [0.2, 0.25) is 0 Å². The molecule has 0 bridgehead atoms. The van der Waals surface area contributed by atoms with Gasteiger partial charge < -0.3 is 0 Å². The van der Waals surface area contributed by atoms with Gasteiger partial charge in [0.25, 0.3) is 11.8 Å². The molecule has 0 radical (unpaired) electrons. The van der Waals surface area contributed by atoms with Crippen molar-refractivity contribution >= 4 is 29.5 Å². The summed E-state index contributed by atoms with van der Waals surface area (Å²) in [6.45, 7) is 4.05. The van der Waals surface area contributed by atoms with Crippen LogP contribution in [0.2, 0.25) is 5.02 Å². The van der Waals surface area contributed by atoms with Gasteiger partial charge in [-0.15, -0.1) is 0 Å². The topological polar surface area (TPSA) is 79.0 Å². The highest BCUT2D eigenvalue weighted by Gasteiger charge is 2.35. The fourth-order valence-corrected chi connectivity index (χ4v) is 4.35. The van der Waals surface area contributed by atoms with Crippen molar-refractivity contribution in [3.05, 3.63) is 88.1 Å². The van der Waals surface area contributed by atoms with Crippen molar-refractivity contribution in [3.63, 3.8) is 0 Å². The maximum Gasteiger partial charge on any atom is 0.271 e. The zero-order valence-electron chi connectivity index (χ0n) is 20.4. The zero-order chi connectivity index (χ0) is 25.7. The Morgan fingerprint density at radius 2 is 1.72 bits per heavy atom. The van der Waals surface area contributed by atoms with E-state index in [-0.39, 0.29) is 11.5 Å². The van der Waals surface area contributed by atoms with E-state index in [9.17, 15) is 14.9 Å². The van der Waals surface area contributed by atoms with Crippen molar-refractivity contribution in [3.8, 4) is 23.0 Å². The summed E-state index contributed by atoms with van der Waals surface area (Å²) in [5.74, 6) is -0.908. The molecule has 0 saturated carbocycles. The van der Waals surface area contributed by atoms with Crippen molar-refractivity contribution in [1.82, 2.24) is 14.7 Å². The molecular weight excluding hydrogens is 472 g/mol. The van der Waals surface area contributed by atoms with E-state index < -0.39 is 5.91 Å². The van der Waals surface area contributed by atoms with Gasteiger partial charge >= 0.3 is 0 Å². The molecule has 1 aliphatic rings. The highest BCUT2D eigenvalue weighted by molar-refractivity contribution is 6.30. The van der Waals surface area contributed by atoms with Crippen LogP contribution in [0.15, 0.2) is 77.5 Å². The van der Waals surface area contributed by atoms with Gasteiger partial charge in [0.1, 0.15) is 11.6 Å². The average molecular weight is 499 g/mol. The number of carbonyl (C=O) groups excluding carboxylic acids is 2. The van der Waals surface area contributed by atoms with E-state index >= 15 is 0 Å². The molecule has 0 atom stereocenters. The molecule has 0 N–H and O–H groups in total. The normalized spacial score (nSPS) is 15.1. The summed E-state index contributed by atoms with van der Waals surface area (Å²) in [4.78, 5) is 27.6. The van der Waals surface area contributed by atoms with Crippen molar-refractivity contribution < 1.29 is 9.59 Å². The summed E-state index contributed by atoms with van der Waals surface area (Å²) in [6.07, 6.45) is 7.29. The van der Waals surface area contributed by atoms with Crippen LogP contribution in [0, 0.1) is 11.3 Å². The minimum absolute atomic E-state index is 0.000152. The minimum Gasteiger partial charge on any atom is -0.274 e. The lowest BCUT2D eigenvalue weighted by molar-refractivity contribution is -0.140. The van der Waals surface area contributed by atoms with Crippen LogP contribution in [-0.2, 0) is 9.59 Å². The number of unbranched alkanes of at least 4 members (excludes halogenated alkanes) is 3. The Morgan fingerprint density at radius 1 is 1.00 bits per heavy atom. The third-order valence-electron chi connectivity index (χ3n) is 6.24. The van der Waals surface area contributed by atoms with E-state index in [2.05, 4.69) is 6.92 Å². The van der Waals surface area contributed by atoms with Crippen LogP contribution in [-0.4, -0.2) is 33.0 Å². The summed E-state index contributed by atoms with van der Waals surface area (Å²) >= 11 is 6.10. The standard InChI is InChI=1S/C29H27ClN4O2/c1-3-4-5-9-16-33-28(35)25(20(2)26(18-31)29(33)36)17-22-19-34(24-10-7-6-8-11-24)32-27(22)21-12-14-23(30)15-13-21/h6-8,10-15,17,19H,3-5,9,16H2,1-2H3/b25-17+. The Kier molecular flexibility index (Phi) is 7.82. The number of hydrogen-bond donors (Lipinski definition) is 0. The van der Waals surface area contributed by atoms with Crippen LogP contribution in [0.25, 0.3) is 23.0 Å². The number of hydrogen-bond acceptors (Lipinski definition) is 4. The Balaban J connectivity index is 1.82. The van der Waals surface area contributed by atoms with Gasteiger partial charge in [-0.05, 0) is 49.3 Å². The summed E-state index contributed by atoms with van der Waals surface area (Å²) in [7, 11) is 0. The number of carbonyl (C=O) groups is 2. The third-order valence-corrected chi connectivity index (χ3v) is 6.49. The number of imide groups is 1. The van der Waals surface area contributed by atoms with E-state index in [0.29, 0.717) is 40.4 Å². The van der Waals surface area contributed by atoms with Gasteiger partial charge in [-0.1, -0.05) is 68.1 Å². The number of rotatable bonds is 8. The van der Waals surface area contributed by atoms with Crippen LogP contribution >= 0.6 is 11.6 Å². The smallest absolute Gasteiger partial charge is 0.271 e. The predicted octanol–water partition coefficient (Wildman–Crippen LogP) is 6.37. The van der Waals surface area contributed by atoms with Gasteiger partial charge in [0.15, 0.2) is 0 Å². The molecule has 0 fully saturated rings. The molecule has 2 heterocycles. The highest BCUT2D eigenvalue weighted by Crippen LogP contribution is 2.31. The lowest BCUT2D eigenvalue weighted by atomic mass is 9.93. The number of para-hydroxylation sites is 1. The van der Waals surface area contributed by atoms with Gasteiger partial charge in [0.05, 0.1) is 11.4 Å². The molecule has 2 amide bonds. The summed E-state index contributed by atoms with van der Waals surface area (Å²) in [5.41, 5.74) is 3.76. The van der Waals surface area contributed by atoms with E-state index in [0.717, 1.165) is 30.5 Å². The lowest BCUT2D eigenvalue weighted by Gasteiger charge is -2.27. The third kappa shape index (κ3) is 5.17. The van der Waals surface area contributed by atoms with Crippen LogP contribution in [0.3, 0.4) is 0 Å². The molecule has 7 heteroatoms. The Morgan fingerprint density at radius 3 is 2.39 bits per heavy atom. The first-order valence-corrected chi connectivity index (χ1v) is 12.4. The number of nitriles is 1. The van der Waals surface area contributed by atoms with Gasteiger partial charge in [0, 0.05) is 34.5 Å². The number of aromatic nitrogens is 2. The zero-order valence-corrected chi connectivity index (χ0v) is 21.1. The maximum absolute atomic E-state index is 13.5. The first-order valence-electron chi connectivity index (χ1n) is 12.0. The Bertz CT molecular complexity index is 1380. The molecule has 4 rings (SSSR count). The minimum atomic E-state index is -0.522. The largest absolute Gasteiger partial charge is 0.274 e. The molecule has 0 saturated heterocycles. The van der Waals surface area contributed by atoms with Gasteiger partial charge in [-0.3, -0.25) is 14.5 Å². The van der Waals surface area contributed by atoms with Crippen molar-refractivity contribution in [1.29, 1.82) is 5.26 Å². The molecule has 2 aromatic carbocycles. The fraction of sp³-hybridized carbons (Fsp3) is 0.241. The molecule has 0 aliphatic carbocycles. The molecule has 1 aromatic heterocycles. The van der Waals surface area contributed by atoms with E-state index in [1.165, 1.54) is 4.90 Å². The number of halogens is 1. The highest BCUT2D eigenvalue weighted by atomic mass is 35.5. The predicted molar refractivity (Wildman–Crippen MR) is 141 cm³/mol. The van der Waals surface area contributed by atoms with Crippen molar-refractivity contribution in [2.45, 2.75) is 39.5 Å². The van der Waals surface area contributed by atoms with Gasteiger partial charge in [-0.2, -0.15) is 10.4 Å². The second kappa shape index (κ2) is 11.2. The molecule has 182 valence electrons. The van der Waals surface area contributed by atoms with Gasteiger partial charge in [-0.25, -0.2) is 4.68 Å². The Labute approximate surface area is 216 Å².